The molecule has 0 aliphatic carbocycles. The van der Waals surface area contributed by atoms with Gasteiger partial charge in [0, 0.05) is 5.56 Å². The van der Waals surface area contributed by atoms with Crippen molar-refractivity contribution in [3.05, 3.63) is 27.4 Å². The summed E-state index contributed by atoms with van der Waals surface area (Å²) in [5.74, 6) is 1.00. The molecule has 0 atom stereocenters. The van der Waals surface area contributed by atoms with Crippen molar-refractivity contribution in [3.8, 4) is 0 Å². The Morgan fingerprint density at radius 3 is 2.14 bits per heavy atom. The van der Waals surface area contributed by atoms with Crippen LogP contribution in [-0.2, 0) is 0 Å². The van der Waals surface area contributed by atoms with E-state index in [0.29, 0.717) is 11.7 Å². The van der Waals surface area contributed by atoms with Gasteiger partial charge in [-0.25, -0.2) is 4.98 Å². The third-order valence-corrected chi connectivity index (χ3v) is 1.85. The van der Waals surface area contributed by atoms with Crippen LogP contribution in [0.4, 0.5) is 0 Å². The van der Waals surface area contributed by atoms with Gasteiger partial charge in [0.1, 0.15) is 5.82 Å². The van der Waals surface area contributed by atoms with Gasteiger partial charge in [-0.1, -0.05) is 27.7 Å². The minimum atomic E-state index is -0.0220. The number of H-pyrrole nitrogens is 1. The maximum Gasteiger partial charge on any atom is 0.254 e. The van der Waals surface area contributed by atoms with Crippen molar-refractivity contribution in [3.63, 3.8) is 0 Å². The summed E-state index contributed by atoms with van der Waals surface area (Å²) >= 11 is 0. The third kappa shape index (κ3) is 2.98. The molecule has 0 amide bonds. The first-order valence-corrected chi connectivity index (χ1v) is 5.09. The summed E-state index contributed by atoms with van der Waals surface area (Å²) < 4.78 is 0. The molecule has 1 N–H and O–H groups in total. The highest BCUT2D eigenvalue weighted by molar-refractivity contribution is 5.18. The van der Waals surface area contributed by atoms with Gasteiger partial charge in [0.05, 0.1) is 5.69 Å². The summed E-state index contributed by atoms with van der Waals surface area (Å²) in [4.78, 5) is 18.2. The number of nitrogens with zero attached hydrogens (tertiary/aromatic N) is 1. The van der Waals surface area contributed by atoms with Gasteiger partial charge >= 0.3 is 0 Å². The Kier molecular flexibility index (Phi) is 5.13. The summed E-state index contributed by atoms with van der Waals surface area (Å²) in [6.07, 6.45) is 0. The fourth-order valence-electron chi connectivity index (χ4n) is 1.23. The van der Waals surface area contributed by atoms with Crippen LogP contribution in [0.2, 0.25) is 0 Å². The molecule has 0 aromatic carbocycles. The molecule has 3 nitrogen and oxygen atoms in total. The summed E-state index contributed by atoms with van der Waals surface area (Å²) in [6.45, 7) is 11.7. The van der Waals surface area contributed by atoms with Crippen LogP contribution in [0.25, 0.3) is 0 Å². The van der Waals surface area contributed by atoms with E-state index < -0.39 is 0 Å². The van der Waals surface area contributed by atoms with Crippen molar-refractivity contribution < 1.29 is 0 Å². The van der Waals surface area contributed by atoms with Gasteiger partial charge in [0.2, 0.25) is 0 Å². The Bertz CT molecular complexity index is 340. The summed E-state index contributed by atoms with van der Waals surface area (Å²) in [5, 5.41) is 0. The van der Waals surface area contributed by atoms with Crippen LogP contribution in [0, 0.1) is 13.8 Å². The quantitative estimate of drug-likeness (QED) is 0.750. The Hall–Kier alpha value is -1.12. The zero-order valence-electron chi connectivity index (χ0n) is 9.93. The maximum absolute atomic E-state index is 11.3. The first-order valence-electron chi connectivity index (χ1n) is 5.09. The van der Waals surface area contributed by atoms with Crippen LogP contribution in [0.5, 0.6) is 0 Å². The molecule has 0 aliphatic heterocycles. The van der Waals surface area contributed by atoms with Crippen LogP contribution in [0.15, 0.2) is 4.79 Å². The van der Waals surface area contributed by atoms with E-state index in [1.54, 1.807) is 13.8 Å². The molecule has 1 aromatic rings. The molecule has 0 aliphatic rings. The molecule has 14 heavy (non-hydrogen) atoms. The molecule has 0 bridgehead atoms. The molecule has 0 saturated heterocycles. The average Bonchev–Trinajstić information content (AvgIpc) is 2.14. The topological polar surface area (TPSA) is 45.8 Å². The van der Waals surface area contributed by atoms with Crippen LogP contribution in [0.1, 0.15) is 50.7 Å². The van der Waals surface area contributed by atoms with Crippen molar-refractivity contribution in [1.29, 1.82) is 0 Å². The van der Waals surface area contributed by atoms with Crippen molar-refractivity contribution in [2.45, 2.75) is 47.5 Å². The van der Waals surface area contributed by atoms with E-state index in [-0.39, 0.29) is 5.56 Å². The number of rotatable bonds is 1. The number of nitrogens with one attached hydrogen (secondary N) is 1. The fraction of sp³-hybridized carbons (Fsp3) is 0.636. The van der Waals surface area contributed by atoms with Gasteiger partial charge < -0.3 is 4.98 Å². The van der Waals surface area contributed by atoms with E-state index in [2.05, 4.69) is 9.97 Å². The Balaban J connectivity index is 0.000000791. The Labute approximate surface area is 85.6 Å². The molecule has 0 radical (unpaired) electrons. The zero-order chi connectivity index (χ0) is 11.3. The van der Waals surface area contributed by atoms with E-state index in [1.165, 1.54) is 0 Å². The van der Waals surface area contributed by atoms with Gasteiger partial charge in [0.15, 0.2) is 0 Å². The molecule has 3 heteroatoms. The van der Waals surface area contributed by atoms with E-state index >= 15 is 0 Å². The molecule has 0 unspecified atom stereocenters. The zero-order valence-corrected chi connectivity index (χ0v) is 9.93. The minimum Gasteiger partial charge on any atom is -0.311 e. The average molecular weight is 196 g/mol. The molecule has 1 heterocycles. The van der Waals surface area contributed by atoms with Crippen molar-refractivity contribution in [2.24, 2.45) is 0 Å². The summed E-state index contributed by atoms with van der Waals surface area (Å²) in [7, 11) is 0. The monoisotopic (exact) mass is 196 g/mol. The minimum absolute atomic E-state index is 0.0220. The lowest BCUT2D eigenvalue weighted by molar-refractivity contribution is 0.781. The molecular formula is C11H20N2O. The van der Waals surface area contributed by atoms with E-state index in [9.17, 15) is 4.79 Å². The van der Waals surface area contributed by atoms with E-state index in [0.717, 1.165) is 11.3 Å². The number of hydrogen-bond acceptors (Lipinski definition) is 2. The number of aryl methyl sites for hydroxylation is 1. The fourth-order valence-corrected chi connectivity index (χ4v) is 1.23. The van der Waals surface area contributed by atoms with Gasteiger partial charge in [-0.2, -0.15) is 0 Å². The number of hydrogen-bond donors (Lipinski definition) is 1. The van der Waals surface area contributed by atoms with E-state index in [1.807, 2.05) is 27.7 Å². The highest BCUT2D eigenvalue weighted by atomic mass is 16.1. The number of aromatic nitrogens is 2. The van der Waals surface area contributed by atoms with Gasteiger partial charge in [-0.05, 0) is 19.8 Å². The second-order valence-corrected chi connectivity index (χ2v) is 3.32. The van der Waals surface area contributed by atoms with Gasteiger partial charge in [0.25, 0.3) is 5.56 Å². The largest absolute Gasteiger partial charge is 0.311 e. The first kappa shape index (κ1) is 12.9. The summed E-state index contributed by atoms with van der Waals surface area (Å²) in [5.41, 5.74) is 1.61. The highest BCUT2D eigenvalue weighted by Crippen LogP contribution is 2.12. The van der Waals surface area contributed by atoms with Crippen molar-refractivity contribution in [2.75, 3.05) is 0 Å². The lowest BCUT2D eigenvalue weighted by Crippen LogP contribution is -2.16. The van der Waals surface area contributed by atoms with Gasteiger partial charge in [-0.15, -0.1) is 0 Å². The van der Waals surface area contributed by atoms with Gasteiger partial charge in [-0.3, -0.25) is 4.79 Å². The predicted molar refractivity (Wildman–Crippen MR) is 59.8 cm³/mol. The normalized spacial score (nSPS) is 9.64. The molecular weight excluding hydrogens is 176 g/mol. The second kappa shape index (κ2) is 5.58. The lowest BCUT2D eigenvalue weighted by Gasteiger charge is -2.07. The second-order valence-electron chi connectivity index (χ2n) is 3.32. The highest BCUT2D eigenvalue weighted by Gasteiger charge is 2.08. The van der Waals surface area contributed by atoms with Crippen LogP contribution in [-0.4, -0.2) is 9.97 Å². The van der Waals surface area contributed by atoms with E-state index in [4.69, 9.17) is 0 Å². The number of aromatic amines is 1. The molecule has 1 rings (SSSR count). The molecule has 0 saturated carbocycles. The Morgan fingerprint density at radius 1 is 1.21 bits per heavy atom. The lowest BCUT2D eigenvalue weighted by atomic mass is 10.1. The maximum atomic E-state index is 11.3. The van der Waals surface area contributed by atoms with Crippen LogP contribution < -0.4 is 5.56 Å². The molecule has 0 fully saturated rings. The molecule has 1 aromatic heterocycles. The molecule has 80 valence electrons. The first-order chi connectivity index (χ1) is 6.52. The van der Waals surface area contributed by atoms with Crippen LogP contribution in [0.3, 0.4) is 0 Å². The standard InChI is InChI=1S/C9H14N2O.C2H6/c1-5(2)8-6(3)9(12)11-7(4)10-8;1-2/h5H,1-4H3,(H,10,11,12);1-2H3. The van der Waals surface area contributed by atoms with Crippen molar-refractivity contribution >= 4 is 0 Å². The predicted octanol–water partition coefficient (Wildman–Crippen LogP) is 2.54. The SMILES string of the molecule is CC.Cc1nc(C(C)C)c(C)c(=O)[nH]1. The summed E-state index contributed by atoms with van der Waals surface area (Å²) in [6, 6.07) is 0. The smallest absolute Gasteiger partial charge is 0.254 e. The van der Waals surface area contributed by atoms with Crippen LogP contribution >= 0.6 is 0 Å². The molecule has 0 spiro atoms. The Morgan fingerprint density at radius 2 is 1.71 bits per heavy atom. The van der Waals surface area contributed by atoms with Crippen molar-refractivity contribution in [1.82, 2.24) is 9.97 Å². The third-order valence-electron chi connectivity index (χ3n) is 1.85.